The number of benzene rings is 1. The van der Waals surface area contributed by atoms with Crippen molar-refractivity contribution in [1.29, 1.82) is 5.26 Å². The zero-order valence-electron chi connectivity index (χ0n) is 12.4. The molecule has 0 radical (unpaired) electrons. The van der Waals surface area contributed by atoms with Gasteiger partial charge in [0.05, 0.1) is 18.1 Å². The molecular formula is C16H13N3O3. The molecule has 2 heterocycles. The minimum absolute atomic E-state index is 0.0258. The second kappa shape index (κ2) is 5.04. The van der Waals surface area contributed by atoms with E-state index in [0.29, 0.717) is 11.3 Å². The quantitative estimate of drug-likeness (QED) is 0.679. The molecular weight excluding hydrogens is 282 g/mol. The molecule has 2 aromatic heterocycles. The number of methoxy groups -OCH3 is 1. The lowest BCUT2D eigenvalue weighted by molar-refractivity contribution is -0.132. The third-order valence-corrected chi connectivity index (χ3v) is 3.51. The van der Waals surface area contributed by atoms with Crippen LogP contribution >= 0.6 is 0 Å². The average Bonchev–Trinajstić information content (AvgIpc) is 2.78. The van der Waals surface area contributed by atoms with Gasteiger partial charge in [-0.05, 0) is 24.3 Å². The van der Waals surface area contributed by atoms with Gasteiger partial charge in [0.2, 0.25) is 5.88 Å². The standard InChI is InChI=1S/C16H13N3O3/c1-9(20)22-16-10(8-17)6-14-15(18-16)12-7-11(21-3)4-5-13(12)19(14)2/h4-7H,1-3H3. The minimum Gasteiger partial charge on any atom is -0.497 e. The summed E-state index contributed by atoms with van der Waals surface area (Å²) in [7, 11) is 3.49. The molecule has 0 saturated carbocycles. The summed E-state index contributed by atoms with van der Waals surface area (Å²) in [5.74, 6) is 0.221. The molecule has 0 unspecified atom stereocenters. The van der Waals surface area contributed by atoms with E-state index in [2.05, 4.69) is 4.98 Å². The van der Waals surface area contributed by atoms with Crippen molar-refractivity contribution in [2.75, 3.05) is 7.11 Å². The summed E-state index contributed by atoms with van der Waals surface area (Å²) >= 11 is 0. The van der Waals surface area contributed by atoms with Crippen molar-refractivity contribution in [3.63, 3.8) is 0 Å². The molecule has 0 aliphatic heterocycles. The lowest BCUT2D eigenvalue weighted by atomic mass is 10.2. The number of carbonyl (C=O) groups excluding carboxylic acids is 1. The monoisotopic (exact) mass is 295 g/mol. The highest BCUT2D eigenvalue weighted by Crippen LogP contribution is 2.32. The first-order valence-electron chi connectivity index (χ1n) is 6.61. The Morgan fingerprint density at radius 3 is 2.73 bits per heavy atom. The lowest BCUT2D eigenvalue weighted by Crippen LogP contribution is -2.05. The number of ether oxygens (including phenoxy) is 2. The molecule has 3 aromatic rings. The third-order valence-electron chi connectivity index (χ3n) is 3.51. The van der Waals surface area contributed by atoms with Crippen LogP contribution < -0.4 is 9.47 Å². The lowest BCUT2D eigenvalue weighted by Gasteiger charge is -2.03. The van der Waals surface area contributed by atoms with Crippen LogP contribution in [0.5, 0.6) is 11.6 Å². The molecule has 6 heteroatoms. The van der Waals surface area contributed by atoms with Gasteiger partial charge in [-0.25, -0.2) is 4.98 Å². The summed E-state index contributed by atoms with van der Waals surface area (Å²) in [6.07, 6.45) is 0. The highest BCUT2D eigenvalue weighted by Gasteiger charge is 2.16. The van der Waals surface area contributed by atoms with Crippen molar-refractivity contribution >= 4 is 27.9 Å². The second-order valence-corrected chi connectivity index (χ2v) is 4.86. The Morgan fingerprint density at radius 1 is 1.32 bits per heavy atom. The number of aromatic nitrogens is 2. The maximum atomic E-state index is 11.2. The summed E-state index contributed by atoms with van der Waals surface area (Å²) < 4.78 is 12.2. The number of hydrogen-bond acceptors (Lipinski definition) is 5. The Morgan fingerprint density at radius 2 is 2.09 bits per heavy atom. The Bertz CT molecular complexity index is 951. The number of nitriles is 1. The Labute approximate surface area is 126 Å². The van der Waals surface area contributed by atoms with Crippen molar-refractivity contribution in [2.45, 2.75) is 6.92 Å². The van der Waals surface area contributed by atoms with E-state index < -0.39 is 5.97 Å². The predicted octanol–water partition coefficient (Wildman–Crippen LogP) is 2.53. The molecule has 1 aromatic carbocycles. The summed E-state index contributed by atoms with van der Waals surface area (Å²) in [5.41, 5.74) is 2.62. The van der Waals surface area contributed by atoms with Crippen LogP contribution in [0.3, 0.4) is 0 Å². The van der Waals surface area contributed by atoms with E-state index in [1.165, 1.54) is 6.92 Å². The number of fused-ring (bicyclic) bond motifs is 3. The molecule has 22 heavy (non-hydrogen) atoms. The summed E-state index contributed by atoms with van der Waals surface area (Å²) in [6, 6.07) is 9.34. The van der Waals surface area contributed by atoms with Crippen LogP contribution in [-0.4, -0.2) is 22.6 Å². The second-order valence-electron chi connectivity index (χ2n) is 4.86. The van der Waals surface area contributed by atoms with E-state index in [1.807, 2.05) is 35.9 Å². The molecule has 3 rings (SSSR count). The Kier molecular flexibility index (Phi) is 3.18. The van der Waals surface area contributed by atoms with Crippen LogP contribution in [-0.2, 0) is 11.8 Å². The number of aryl methyl sites for hydroxylation is 1. The van der Waals surface area contributed by atoms with Crippen molar-refractivity contribution in [1.82, 2.24) is 9.55 Å². The molecule has 0 spiro atoms. The number of esters is 1. The van der Waals surface area contributed by atoms with Crippen LogP contribution in [0, 0.1) is 11.3 Å². The largest absolute Gasteiger partial charge is 0.497 e. The molecule has 0 saturated heterocycles. The zero-order valence-corrected chi connectivity index (χ0v) is 12.4. The molecule has 0 amide bonds. The summed E-state index contributed by atoms with van der Waals surface area (Å²) in [6.45, 7) is 1.28. The fourth-order valence-electron chi connectivity index (χ4n) is 2.49. The number of rotatable bonds is 2. The van der Waals surface area contributed by atoms with Crippen LogP contribution in [0.2, 0.25) is 0 Å². The third kappa shape index (κ3) is 2.04. The number of hydrogen-bond donors (Lipinski definition) is 0. The van der Waals surface area contributed by atoms with Crippen molar-refractivity contribution < 1.29 is 14.3 Å². The highest BCUT2D eigenvalue weighted by atomic mass is 16.5. The van der Waals surface area contributed by atoms with Gasteiger partial charge in [-0.2, -0.15) is 5.26 Å². The normalized spacial score (nSPS) is 10.6. The number of nitrogens with zero attached hydrogens (tertiary/aromatic N) is 3. The first-order chi connectivity index (χ1) is 10.5. The first-order valence-corrected chi connectivity index (χ1v) is 6.61. The zero-order chi connectivity index (χ0) is 15.9. The minimum atomic E-state index is -0.513. The van der Waals surface area contributed by atoms with Crippen LogP contribution in [0.25, 0.3) is 21.9 Å². The average molecular weight is 295 g/mol. The van der Waals surface area contributed by atoms with E-state index in [-0.39, 0.29) is 11.4 Å². The Balaban J connectivity index is 2.39. The topological polar surface area (TPSA) is 77.1 Å². The molecule has 0 fully saturated rings. The fraction of sp³-hybridized carbons (Fsp3) is 0.188. The van der Waals surface area contributed by atoms with Crippen molar-refractivity contribution in [3.8, 4) is 17.7 Å². The molecule has 0 aliphatic rings. The van der Waals surface area contributed by atoms with Gasteiger partial charge in [-0.3, -0.25) is 4.79 Å². The first kappa shape index (κ1) is 13.9. The van der Waals surface area contributed by atoms with Gasteiger partial charge in [-0.15, -0.1) is 0 Å². The molecule has 0 atom stereocenters. The van der Waals surface area contributed by atoms with E-state index in [1.54, 1.807) is 13.2 Å². The molecule has 0 N–H and O–H groups in total. The molecule has 110 valence electrons. The number of carbonyl (C=O) groups is 1. The van der Waals surface area contributed by atoms with Gasteiger partial charge in [0.1, 0.15) is 22.9 Å². The predicted molar refractivity (Wildman–Crippen MR) is 80.8 cm³/mol. The van der Waals surface area contributed by atoms with E-state index in [0.717, 1.165) is 16.4 Å². The van der Waals surface area contributed by atoms with E-state index >= 15 is 0 Å². The van der Waals surface area contributed by atoms with Crippen molar-refractivity contribution in [2.24, 2.45) is 7.05 Å². The van der Waals surface area contributed by atoms with Crippen LogP contribution in [0.1, 0.15) is 12.5 Å². The van der Waals surface area contributed by atoms with Gasteiger partial charge >= 0.3 is 5.97 Å². The van der Waals surface area contributed by atoms with Gasteiger partial charge in [0, 0.05) is 19.4 Å². The molecule has 6 nitrogen and oxygen atoms in total. The molecule has 0 aliphatic carbocycles. The van der Waals surface area contributed by atoms with Gasteiger partial charge < -0.3 is 14.0 Å². The summed E-state index contributed by atoms with van der Waals surface area (Å²) in [4.78, 5) is 15.6. The van der Waals surface area contributed by atoms with Gasteiger partial charge in [0.25, 0.3) is 0 Å². The Hall–Kier alpha value is -3.07. The van der Waals surface area contributed by atoms with E-state index in [9.17, 15) is 10.1 Å². The fourth-order valence-corrected chi connectivity index (χ4v) is 2.49. The van der Waals surface area contributed by atoms with Crippen LogP contribution in [0.15, 0.2) is 24.3 Å². The summed E-state index contributed by atoms with van der Waals surface area (Å²) in [5, 5.41) is 10.1. The van der Waals surface area contributed by atoms with E-state index in [4.69, 9.17) is 9.47 Å². The SMILES string of the molecule is COc1ccc2c(c1)c1nc(OC(C)=O)c(C#N)cc1n2C. The number of pyridine rings is 1. The van der Waals surface area contributed by atoms with Gasteiger partial charge in [-0.1, -0.05) is 0 Å². The molecule has 0 bridgehead atoms. The maximum absolute atomic E-state index is 11.2. The van der Waals surface area contributed by atoms with Gasteiger partial charge in [0.15, 0.2) is 0 Å². The van der Waals surface area contributed by atoms with Crippen LogP contribution in [0.4, 0.5) is 0 Å². The van der Waals surface area contributed by atoms with Crippen molar-refractivity contribution in [3.05, 3.63) is 29.8 Å². The maximum Gasteiger partial charge on any atom is 0.309 e. The highest BCUT2D eigenvalue weighted by molar-refractivity contribution is 6.06. The smallest absolute Gasteiger partial charge is 0.309 e.